The van der Waals surface area contributed by atoms with Gasteiger partial charge in [0.15, 0.2) is 0 Å². The predicted molar refractivity (Wildman–Crippen MR) is 76.7 cm³/mol. The van der Waals surface area contributed by atoms with E-state index < -0.39 is 0 Å². The third kappa shape index (κ3) is 2.65. The van der Waals surface area contributed by atoms with E-state index in [1.807, 2.05) is 0 Å². The minimum absolute atomic E-state index is 0.853. The molecular weight excluding hydrogens is 211 g/mol. The topological polar surface area (TPSA) is 0 Å². The van der Waals surface area contributed by atoms with Gasteiger partial charge in [-0.1, -0.05) is 37.9 Å². The van der Waals surface area contributed by atoms with Gasteiger partial charge < -0.3 is 0 Å². The van der Waals surface area contributed by atoms with Crippen LogP contribution < -0.4 is 5.46 Å². The number of hydrogen-bond donors (Lipinski definition) is 0. The smallest absolute Gasteiger partial charge is 0.123 e. The van der Waals surface area contributed by atoms with Crippen LogP contribution >= 0.6 is 11.8 Å². The highest BCUT2D eigenvalue weighted by atomic mass is 32.2. The molecule has 16 heavy (non-hydrogen) atoms. The van der Waals surface area contributed by atoms with Gasteiger partial charge in [0.1, 0.15) is 7.85 Å². The Morgan fingerprint density at radius 3 is 2.81 bits per heavy atom. The summed E-state index contributed by atoms with van der Waals surface area (Å²) in [5.41, 5.74) is 2.92. The molecule has 1 saturated carbocycles. The van der Waals surface area contributed by atoms with E-state index in [4.69, 9.17) is 0 Å². The maximum atomic E-state index is 2.41. The molecule has 0 aliphatic heterocycles. The van der Waals surface area contributed by atoms with Gasteiger partial charge in [-0.25, -0.2) is 0 Å². The Morgan fingerprint density at radius 2 is 2.19 bits per heavy atom. The lowest BCUT2D eigenvalue weighted by atomic mass is 9.94. The van der Waals surface area contributed by atoms with Gasteiger partial charge in [0, 0.05) is 10.1 Å². The number of benzene rings is 1. The molecular formula is C14H21BS. The SMILES string of the molecule is Bc1ccc(CC)cc1SC1CCCC1C. The van der Waals surface area contributed by atoms with E-state index in [0.717, 1.165) is 17.6 Å². The van der Waals surface area contributed by atoms with E-state index in [-0.39, 0.29) is 0 Å². The summed E-state index contributed by atoms with van der Waals surface area (Å²) >= 11 is 2.12. The molecule has 0 spiro atoms. The van der Waals surface area contributed by atoms with Crippen LogP contribution in [0.4, 0.5) is 0 Å². The normalized spacial score (nSPS) is 24.9. The highest BCUT2D eigenvalue weighted by Gasteiger charge is 2.24. The molecule has 0 saturated heterocycles. The molecule has 2 rings (SSSR count). The lowest BCUT2D eigenvalue weighted by molar-refractivity contribution is 0.624. The Labute approximate surface area is 105 Å². The zero-order valence-electron chi connectivity index (χ0n) is 10.6. The van der Waals surface area contributed by atoms with E-state index in [1.165, 1.54) is 35.2 Å². The molecule has 0 amide bonds. The third-order valence-electron chi connectivity index (χ3n) is 3.72. The van der Waals surface area contributed by atoms with Crippen LogP contribution in [0.15, 0.2) is 23.1 Å². The van der Waals surface area contributed by atoms with Crippen molar-refractivity contribution >= 4 is 25.1 Å². The Hall–Kier alpha value is -0.365. The third-order valence-corrected chi connectivity index (χ3v) is 5.42. The van der Waals surface area contributed by atoms with Crippen molar-refractivity contribution in [3.63, 3.8) is 0 Å². The van der Waals surface area contributed by atoms with E-state index >= 15 is 0 Å². The highest BCUT2D eigenvalue weighted by Crippen LogP contribution is 2.38. The Bertz CT molecular complexity index is 362. The molecule has 1 aliphatic rings. The first-order valence-electron chi connectivity index (χ1n) is 6.47. The number of aryl methyl sites for hydroxylation is 1. The fourth-order valence-electron chi connectivity index (χ4n) is 2.44. The van der Waals surface area contributed by atoms with Crippen LogP contribution in [0.3, 0.4) is 0 Å². The summed E-state index contributed by atoms with van der Waals surface area (Å²) < 4.78 is 0. The number of rotatable bonds is 3. The summed E-state index contributed by atoms with van der Waals surface area (Å²) in [5, 5.41) is 0.853. The molecule has 1 fully saturated rings. The first-order valence-corrected chi connectivity index (χ1v) is 7.35. The quantitative estimate of drug-likeness (QED) is 0.722. The first-order chi connectivity index (χ1) is 7.70. The minimum Gasteiger partial charge on any atom is -0.123 e. The van der Waals surface area contributed by atoms with Crippen molar-refractivity contribution in [2.75, 3.05) is 0 Å². The van der Waals surface area contributed by atoms with Crippen molar-refractivity contribution in [3.05, 3.63) is 23.8 Å². The number of thioether (sulfide) groups is 1. The van der Waals surface area contributed by atoms with Gasteiger partial charge in [0.2, 0.25) is 0 Å². The second-order valence-electron chi connectivity index (χ2n) is 5.02. The summed E-state index contributed by atoms with van der Waals surface area (Å²) in [7, 11) is 2.24. The van der Waals surface area contributed by atoms with Crippen molar-refractivity contribution in [1.29, 1.82) is 0 Å². The van der Waals surface area contributed by atoms with Crippen LogP contribution in [0.5, 0.6) is 0 Å². The van der Waals surface area contributed by atoms with Crippen molar-refractivity contribution in [2.45, 2.75) is 49.7 Å². The maximum absolute atomic E-state index is 2.41. The largest absolute Gasteiger partial charge is 0.140 e. The fourth-order valence-corrected chi connectivity index (χ4v) is 3.89. The summed E-state index contributed by atoms with van der Waals surface area (Å²) in [6.45, 7) is 4.64. The van der Waals surface area contributed by atoms with Gasteiger partial charge >= 0.3 is 0 Å². The van der Waals surface area contributed by atoms with Gasteiger partial charge in [-0.05, 0) is 36.8 Å². The Kier molecular flexibility index (Phi) is 4.02. The molecule has 2 atom stereocenters. The van der Waals surface area contributed by atoms with E-state index in [9.17, 15) is 0 Å². The lowest BCUT2D eigenvalue weighted by Gasteiger charge is -2.17. The van der Waals surface area contributed by atoms with Crippen LogP contribution in [-0.4, -0.2) is 13.1 Å². The molecule has 0 bridgehead atoms. The second-order valence-corrected chi connectivity index (χ2v) is 6.30. The van der Waals surface area contributed by atoms with Gasteiger partial charge in [-0.2, -0.15) is 0 Å². The van der Waals surface area contributed by atoms with E-state index in [1.54, 1.807) is 0 Å². The van der Waals surface area contributed by atoms with Crippen LogP contribution in [0.25, 0.3) is 0 Å². The summed E-state index contributed by atoms with van der Waals surface area (Å²) in [5.74, 6) is 0.898. The Balaban J connectivity index is 2.13. The van der Waals surface area contributed by atoms with E-state index in [2.05, 4.69) is 51.7 Å². The molecule has 2 heteroatoms. The predicted octanol–water partition coefficient (Wildman–Crippen LogP) is 2.79. The molecule has 0 radical (unpaired) electrons. The summed E-state index contributed by atoms with van der Waals surface area (Å²) in [6.07, 6.45) is 5.39. The van der Waals surface area contributed by atoms with E-state index in [0.29, 0.717) is 0 Å². The summed E-state index contributed by atoms with van der Waals surface area (Å²) in [6, 6.07) is 6.93. The van der Waals surface area contributed by atoms with Gasteiger partial charge in [-0.15, -0.1) is 11.8 Å². The molecule has 2 unspecified atom stereocenters. The van der Waals surface area contributed by atoms with Crippen molar-refractivity contribution in [3.8, 4) is 0 Å². The van der Waals surface area contributed by atoms with Gasteiger partial charge in [-0.3, -0.25) is 0 Å². The molecule has 0 nitrogen and oxygen atoms in total. The monoisotopic (exact) mass is 232 g/mol. The zero-order chi connectivity index (χ0) is 11.5. The molecule has 0 aromatic heterocycles. The molecule has 1 aromatic carbocycles. The van der Waals surface area contributed by atoms with Gasteiger partial charge in [0.05, 0.1) is 0 Å². The van der Waals surface area contributed by atoms with Crippen LogP contribution in [0, 0.1) is 5.92 Å². The van der Waals surface area contributed by atoms with Crippen molar-refractivity contribution in [2.24, 2.45) is 5.92 Å². The van der Waals surface area contributed by atoms with Crippen LogP contribution in [-0.2, 0) is 6.42 Å². The average Bonchev–Trinajstić information content (AvgIpc) is 2.68. The second kappa shape index (κ2) is 5.31. The molecule has 86 valence electrons. The number of hydrogen-bond acceptors (Lipinski definition) is 1. The minimum atomic E-state index is 0.853. The van der Waals surface area contributed by atoms with Crippen molar-refractivity contribution < 1.29 is 0 Å². The van der Waals surface area contributed by atoms with Crippen molar-refractivity contribution in [1.82, 2.24) is 0 Å². The fraction of sp³-hybridized carbons (Fsp3) is 0.571. The maximum Gasteiger partial charge on any atom is 0.140 e. The molecule has 1 aliphatic carbocycles. The molecule has 0 N–H and O–H groups in total. The lowest BCUT2D eigenvalue weighted by Crippen LogP contribution is -2.12. The Morgan fingerprint density at radius 1 is 1.38 bits per heavy atom. The highest BCUT2D eigenvalue weighted by molar-refractivity contribution is 8.00. The first kappa shape index (κ1) is 12.1. The van der Waals surface area contributed by atoms with Gasteiger partial charge in [0.25, 0.3) is 0 Å². The summed E-state index contributed by atoms with van der Waals surface area (Å²) in [4.78, 5) is 1.51. The van der Waals surface area contributed by atoms with Crippen LogP contribution in [0.2, 0.25) is 0 Å². The average molecular weight is 232 g/mol. The van der Waals surface area contributed by atoms with Crippen LogP contribution in [0.1, 0.15) is 38.7 Å². The molecule has 1 aromatic rings. The zero-order valence-corrected chi connectivity index (χ0v) is 11.4. The standard InChI is InChI=1S/C14H21BS/c1-3-11-7-8-12(15)14(9-11)16-13-6-4-5-10(13)2/h7-10,13H,3-6,15H2,1-2H3. The molecule has 0 heterocycles.